The Hall–Kier alpha value is -0.760. The van der Waals surface area contributed by atoms with Crippen molar-refractivity contribution in [2.75, 3.05) is 19.8 Å². The standard InChI is InChI=1S/C44H89N2O6P/c1-3-5-7-9-11-13-15-17-19-21-22-24-26-28-30-32-34-36-38-44(48)46-42(41-52-53(49,50)51-40-39-45)43(47)37-35-33-31-29-27-25-23-20-18-16-14-12-10-8-6-4-2/h19,21,42-43,47H,3-18,20,22-41,45H2,1-2H3,(H,46,48)(H,49,50)/b21-19-. The zero-order valence-electron chi connectivity index (χ0n) is 35.0. The Balaban J connectivity index is 4.12. The van der Waals surface area contributed by atoms with Crippen molar-refractivity contribution in [1.82, 2.24) is 5.32 Å². The molecule has 0 bridgehead atoms. The minimum atomic E-state index is -4.31. The number of aliphatic hydroxyl groups excluding tert-OH is 1. The highest BCUT2D eigenvalue weighted by Gasteiger charge is 2.27. The fourth-order valence-electron chi connectivity index (χ4n) is 6.90. The lowest BCUT2D eigenvalue weighted by Crippen LogP contribution is -2.46. The van der Waals surface area contributed by atoms with E-state index in [0.717, 1.165) is 38.5 Å². The average molecular weight is 773 g/mol. The summed E-state index contributed by atoms with van der Waals surface area (Å²) in [6.45, 7) is 4.23. The van der Waals surface area contributed by atoms with Crippen LogP contribution >= 0.6 is 7.82 Å². The minimum Gasteiger partial charge on any atom is -0.391 e. The molecule has 0 radical (unpaired) electrons. The van der Waals surface area contributed by atoms with Crippen molar-refractivity contribution in [2.45, 2.75) is 244 Å². The number of amides is 1. The van der Waals surface area contributed by atoms with Crippen LogP contribution in [0.25, 0.3) is 0 Å². The van der Waals surface area contributed by atoms with Crippen LogP contribution in [-0.2, 0) is 18.4 Å². The average Bonchev–Trinajstić information content (AvgIpc) is 3.14. The molecule has 0 spiro atoms. The van der Waals surface area contributed by atoms with Gasteiger partial charge in [0, 0.05) is 13.0 Å². The van der Waals surface area contributed by atoms with Gasteiger partial charge in [-0.3, -0.25) is 13.8 Å². The van der Waals surface area contributed by atoms with Crippen LogP contribution in [-0.4, -0.2) is 47.8 Å². The van der Waals surface area contributed by atoms with Crippen LogP contribution in [0.1, 0.15) is 232 Å². The molecule has 0 saturated heterocycles. The summed E-state index contributed by atoms with van der Waals surface area (Å²) < 4.78 is 22.2. The lowest BCUT2D eigenvalue weighted by Gasteiger charge is -2.25. The van der Waals surface area contributed by atoms with E-state index in [9.17, 15) is 19.4 Å². The van der Waals surface area contributed by atoms with Crippen molar-refractivity contribution in [2.24, 2.45) is 5.73 Å². The molecule has 0 heterocycles. The van der Waals surface area contributed by atoms with Gasteiger partial charge in [-0.25, -0.2) is 4.57 Å². The normalized spacial score (nSPS) is 14.1. The van der Waals surface area contributed by atoms with Crippen LogP contribution < -0.4 is 11.1 Å². The number of aliphatic hydroxyl groups is 1. The van der Waals surface area contributed by atoms with Gasteiger partial charge in [-0.1, -0.05) is 199 Å². The minimum absolute atomic E-state index is 0.0900. The summed E-state index contributed by atoms with van der Waals surface area (Å²) >= 11 is 0. The maximum absolute atomic E-state index is 12.8. The van der Waals surface area contributed by atoms with Crippen molar-refractivity contribution in [3.8, 4) is 0 Å². The number of phosphoric ester groups is 1. The van der Waals surface area contributed by atoms with Crippen LogP contribution in [0.3, 0.4) is 0 Å². The molecule has 0 aliphatic heterocycles. The third-order valence-corrected chi connectivity index (χ3v) is 11.4. The summed E-state index contributed by atoms with van der Waals surface area (Å²) in [5.74, 6) is -0.163. The van der Waals surface area contributed by atoms with Gasteiger partial charge >= 0.3 is 7.82 Å². The second-order valence-electron chi connectivity index (χ2n) is 15.6. The Morgan fingerprint density at radius 2 is 0.981 bits per heavy atom. The number of unbranched alkanes of at least 4 members (excludes halogenated alkanes) is 29. The molecule has 316 valence electrons. The Bertz CT molecular complexity index is 845. The first-order chi connectivity index (χ1) is 25.9. The molecule has 0 rings (SSSR count). The van der Waals surface area contributed by atoms with Crippen molar-refractivity contribution in [3.63, 3.8) is 0 Å². The van der Waals surface area contributed by atoms with Crippen LogP contribution in [0.2, 0.25) is 0 Å². The highest BCUT2D eigenvalue weighted by atomic mass is 31.2. The molecule has 0 aliphatic carbocycles. The summed E-state index contributed by atoms with van der Waals surface area (Å²) in [5.41, 5.74) is 5.38. The van der Waals surface area contributed by atoms with Gasteiger partial charge in [0.1, 0.15) is 0 Å². The maximum atomic E-state index is 12.8. The molecule has 9 heteroatoms. The first-order valence-electron chi connectivity index (χ1n) is 22.8. The highest BCUT2D eigenvalue weighted by molar-refractivity contribution is 7.47. The summed E-state index contributed by atoms with van der Waals surface area (Å²) in [6.07, 6.45) is 45.0. The zero-order valence-corrected chi connectivity index (χ0v) is 35.9. The van der Waals surface area contributed by atoms with Gasteiger partial charge in [0.25, 0.3) is 0 Å². The van der Waals surface area contributed by atoms with Gasteiger partial charge in [0.05, 0.1) is 25.4 Å². The predicted molar refractivity (Wildman–Crippen MR) is 226 cm³/mol. The molecule has 53 heavy (non-hydrogen) atoms. The Kier molecular flexibility index (Phi) is 40.3. The van der Waals surface area contributed by atoms with Crippen LogP contribution in [0.5, 0.6) is 0 Å². The van der Waals surface area contributed by atoms with Gasteiger partial charge in [0.15, 0.2) is 0 Å². The molecule has 5 N–H and O–H groups in total. The summed E-state index contributed by atoms with van der Waals surface area (Å²) in [5, 5.41) is 13.8. The van der Waals surface area contributed by atoms with E-state index in [0.29, 0.717) is 12.8 Å². The molecule has 8 nitrogen and oxygen atoms in total. The van der Waals surface area contributed by atoms with E-state index >= 15 is 0 Å². The SMILES string of the molecule is CCCCCCCCC/C=C\CCCCCCCCCC(=O)NC(COP(=O)(O)OCCN)C(O)CCCCCCCCCCCCCCCCCC. The maximum Gasteiger partial charge on any atom is 0.472 e. The van der Waals surface area contributed by atoms with E-state index < -0.39 is 20.0 Å². The van der Waals surface area contributed by atoms with Gasteiger partial charge in [0.2, 0.25) is 5.91 Å². The topological polar surface area (TPSA) is 131 Å². The monoisotopic (exact) mass is 773 g/mol. The lowest BCUT2D eigenvalue weighted by atomic mass is 10.0. The van der Waals surface area contributed by atoms with Crippen molar-refractivity contribution >= 4 is 13.7 Å². The molecule has 3 unspecified atom stereocenters. The van der Waals surface area contributed by atoms with E-state index in [1.54, 1.807) is 0 Å². The predicted octanol–water partition coefficient (Wildman–Crippen LogP) is 12.8. The number of carbonyl (C=O) groups is 1. The molecule has 3 atom stereocenters. The number of hydrogen-bond donors (Lipinski definition) is 4. The molecular weight excluding hydrogens is 683 g/mol. The molecule has 0 aromatic carbocycles. The van der Waals surface area contributed by atoms with E-state index in [4.69, 9.17) is 14.8 Å². The first-order valence-corrected chi connectivity index (χ1v) is 24.3. The van der Waals surface area contributed by atoms with Crippen LogP contribution in [0.4, 0.5) is 0 Å². The fourth-order valence-corrected chi connectivity index (χ4v) is 7.66. The van der Waals surface area contributed by atoms with Gasteiger partial charge in [-0.2, -0.15) is 0 Å². The highest BCUT2D eigenvalue weighted by Crippen LogP contribution is 2.43. The van der Waals surface area contributed by atoms with Gasteiger partial charge in [-0.05, 0) is 38.5 Å². The largest absolute Gasteiger partial charge is 0.472 e. The number of allylic oxidation sites excluding steroid dienone is 2. The van der Waals surface area contributed by atoms with Crippen molar-refractivity contribution in [3.05, 3.63) is 12.2 Å². The first kappa shape index (κ1) is 52.2. The van der Waals surface area contributed by atoms with E-state index in [2.05, 4.69) is 31.3 Å². The number of phosphoric acid groups is 1. The molecule has 0 fully saturated rings. The number of rotatable bonds is 43. The van der Waals surface area contributed by atoms with Crippen LogP contribution in [0.15, 0.2) is 12.2 Å². The number of nitrogens with one attached hydrogen (secondary N) is 1. The molecule has 1 amide bonds. The quantitative estimate of drug-likeness (QED) is 0.0276. The van der Waals surface area contributed by atoms with Gasteiger partial charge in [-0.15, -0.1) is 0 Å². The summed E-state index contributed by atoms with van der Waals surface area (Å²) in [4.78, 5) is 22.8. The lowest BCUT2D eigenvalue weighted by molar-refractivity contribution is -0.123. The second kappa shape index (κ2) is 40.9. The number of hydrogen-bond acceptors (Lipinski definition) is 6. The molecule has 0 aromatic heterocycles. The van der Waals surface area contributed by atoms with Crippen LogP contribution in [0, 0.1) is 0 Å². The molecule has 0 aliphatic rings. The second-order valence-corrected chi connectivity index (χ2v) is 17.1. The Labute approximate surface area is 328 Å². The van der Waals surface area contributed by atoms with E-state index in [1.807, 2.05) is 0 Å². The van der Waals surface area contributed by atoms with E-state index in [-0.39, 0.29) is 25.7 Å². The third-order valence-electron chi connectivity index (χ3n) is 10.4. The molecular formula is C44H89N2O6P. The number of nitrogens with two attached hydrogens (primary N) is 1. The fraction of sp³-hybridized carbons (Fsp3) is 0.932. The van der Waals surface area contributed by atoms with E-state index in [1.165, 1.54) is 167 Å². The zero-order chi connectivity index (χ0) is 38.9. The Morgan fingerprint density at radius 1 is 0.604 bits per heavy atom. The summed E-state index contributed by atoms with van der Waals surface area (Å²) in [6, 6.07) is -0.773. The van der Waals surface area contributed by atoms with Gasteiger partial charge < -0.3 is 21.1 Å². The third kappa shape index (κ3) is 39.3. The Morgan fingerprint density at radius 3 is 1.40 bits per heavy atom. The van der Waals surface area contributed by atoms with Crippen molar-refractivity contribution in [1.29, 1.82) is 0 Å². The molecule has 0 saturated carbocycles. The van der Waals surface area contributed by atoms with Crippen molar-refractivity contribution < 1.29 is 28.4 Å². The smallest absolute Gasteiger partial charge is 0.391 e. The summed E-state index contributed by atoms with van der Waals surface area (Å²) in [7, 11) is -4.31. The number of carbonyl (C=O) groups excluding carboxylic acids is 1. The molecule has 0 aromatic rings.